The van der Waals surface area contributed by atoms with E-state index in [0.717, 1.165) is 12.5 Å². The maximum Gasteiger partial charge on any atom is 0.191 e. The standard InChI is InChI=1S/C18H31N3O/c1-7-19-17(20-13-16(22-6)18(3,4)5)21-14(2)15-11-9-8-10-12-15/h8-12,14,16H,7,13H2,1-6H3,(H2,19,20,21). The number of methoxy groups -OCH3 is 1. The fourth-order valence-electron chi connectivity index (χ4n) is 2.23. The van der Waals surface area contributed by atoms with E-state index in [1.165, 1.54) is 5.56 Å². The van der Waals surface area contributed by atoms with Crippen molar-refractivity contribution in [2.24, 2.45) is 10.4 Å². The number of hydrogen-bond donors (Lipinski definition) is 2. The van der Waals surface area contributed by atoms with Crippen molar-refractivity contribution in [3.05, 3.63) is 35.9 Å². The second kappa shape index (κ2) is 8.79. The highest BCUT2D eigenvalue weighted by Gasteiger charge is 2.24. The third kappa shape index (κ3) is 6.06. The maximum atomic E-state index is 5.57. The number of guanidine groups is 1. The van der Waals surface area contributed by atoms with Gasteiger partial charge in [0.25, 0.3) is 0 Å². The molecule has 0 spiro atoms. The Hall–Kier alpha value is -1.55. The van der Waals surface area contributed by atoms with E-state index in [1.807, 2.05) is 6.07 Å². The molecule has 0 fully saturated rings. The summed E-state index contributed by atoms with van der Waals surface area (Å²) in [5, 5.41) is 6.75. The van der Waals surface area contributed by atoms with Gasteiger partial charge in [-0.05, 0) is 24.8 Å². The van der Waals surface area contributed by atoms with Gasteiger partial charge in [-0.2, -0.15) is 0 Å². The number of rotatable bonds is 6. The van der Waals surface area contributed by atoms with E-state index in [0.29, 0.717) is 6.54 Å². The van der Waals surface area contributed by atoms with Gasteiger partial charge in [-0.1, -0.05) is 51.1 Å². The van der Waals surface area contributed by atoms with Gasteiger partial charge in [0.2, 0.25) is 0 Å². The van der Waals surface area contributed by atoms with Crippen molar-refractivity contribution in [1.29, 1.82) is 0 Å². The Morgan fingerprint density at radius 1 is 1.23 bits per heavy atom. The zero-order chi connectivity index (χ0) is 16.6. The number of hydrogen-bond acceptors (Lipinski definition) is 2. The van der Waals surface area contributed by atoms with Gasteiger partial charge in [0.15, 0.2) is 5.96 Å². The minimum absolute atomic E-state index is 0.0701. The van der Waals surface area contributed by atoms with E-state index in [2.05, 4.69) is 74.5 Å². The van der Waals surface area contributed by atoms with Crippen LogP contribution in [0.4, 0.5) is 0 Å². The molecule has 1 rings (SSSR count). The molecule has 124 valence electrons. The molecule has 4 nitrogen and oxygen atoms in total. The third-order valence-corrected chi connectivity index (χ3v) is 3.66. The number of aliphatic imine (C=N–C) groups is 1. The van der Waals surface area contributed by atoms with Crippen LogP contribution in [0.15, 0.2) is 35.3 Å². The average molecular weight is 305 g/mol. The first-order valence-electron chi connectivity index (χ1n) is 8.01. The van der Waals surface area contributed by atoms with Crippen molar-refractivity contribution in [2.75, 3.05) is 20.2 Å². The van der Waals surface area contributed by atoms with Crippen LogP contribution >= 0.6 is 0 Å². The van der Waals surface area contributed by atoms with Crippen LogP contribution < -0.4 is 10.6 Å². The molecule has 0 amide bonds. The lowest BCUT2D eigenvalue weighted by Crippen LogP contribution is -2.40. The number of nitrogens with one attached hydrogen (secondary N) is 2. The molecular formula is C18H31N3O. The third-order valence-electron chi connectivity index (χ3n) is 3.66. The van der Waals surface area contributed by atoms with Gasteiger partial charge in [-0.3, -0.25) is 4.99 Å². The highest BCUT2D eigenvalue weighted by atomic mass is 16.5. The Bertz CT molecular complexity index is 451. The number of nitrogens with zero attached hydrogens (tertiary/aromatic N) is 1. The summed E-state index contributed by atoms with van der Waals surface area (Å²) in [6, 6.07) is 10.6. The molecule has 0 bridgehead atoms. The van der Waals surface area contributed by atoms with E-state index < -0.39 is 0 Å². The monoisotopic (exact) mass is 305 g/mol. The molecule has 2 N–H and O–H groups in total. The van der Waals surface area contributed by atoms with Crippen LogP contribution in [0.1, 0.15) is 46.2 Å². The van der Waals surface area contributed by atoms with Crippen LogP contribution in [-0.2, 0) is 4.74 Å². The summed E-state index contributed by atoms with van der Waals surface area (Å²) in [6.07, 6.45) is 0.0926. The van der Waals surface area contributed by atoms with E-state index in [9.17, 15) is 0 Å². The van der Waals surface area contributed by atoms with Crippen LogP contribution in [0.25, 0.3) is 0 Å². The summed E-state index contributed by atoms with van der Waals surface area (Å²) in [5.74, 6) is 0.824. The molecule has 4 heteroatoms. The Kier molecular flexibility index (Phi) is 7.39. The summed E-state index contributed by atoms with van der Waals surface area (Å²) in [7, 11) is 1.75. The fourth-order valence-corrected chi connectivity index (χ4v) is 2.23. The average Bonchev–Trinajstić information content (AvgIpc) is 2.47. The Morgan fingerprint density at radius 3 is 2.36 bits per heavy atom. The molecule has 0 aliphatic carbocycles. The van der Waals surface area contributed by atoms with E-state index in [-0.39, 0.29) is 17.6 Å². The Labute approximate surface area is 135 Å². The Morgan fingerprint density at radius 2 is 1.86 bits per heavy atom. The minimum Gasteiger partial charge on any atom is -0.379 e. The summed E-state index contributed by atoms with van der Waals surface area (Å²) >= 11 is 0. The lowest BCUT2D eigenvalue weighted by atomic mass is 9.89. The van der Waals surface area contributed by atoms with Crippen LogP contribution in [-0.4, -0.2) is 32.3 Å². The van der Waals surface area contributed by atoms with Crippen molar-refractivity contribution in [3.63, 3.8) is 0 Å². The van der Waals surface area contributed by atoms with E-state index in [4.69, 9.17) is 4.74 Å². The second-order valence-electron chi connectivity index (χ2n) is 6.59. The predicted octanol–water partition coefficient (Wildman–Crippen LogP) is 3.36. The first-order chi connectivity index (χ1) is 10.4. The highest BCUT2D eigenvalue weighted by molar-refractivity contribution is 5.80. The lowest BCUT2D eigenvalue weighted by Gasteiger charge is -2.28. The topological polar surface area (TPSA) is 45.7 Å². The van der Waals surface area contributed by atoms with Crippen LogP contribution in [0, 0.1) is 5.41 Å². The second-order valence-corrected chi connectivity index (χ2v) is 6.59. The van der Waals surface area contributed by atoms with Crippen molar-refractivity contribution in [1.82, 2.24) is 10.6 Å². The minimum atomic E-state index is 0.0701. The molecule has 0 aliphatic heterocycles. The van der Waals surface area contributed by atoms with Gasteiger partial charge in [0.1, 0.15) is 0 Å². The largest absolute Gasteiger partial charge is 0.379 e. The number of benzene rings is 1. The first-order valence-corrected chi connectivity index (χ1v) is 8.01. The molecule has 2 atom stereocenters. The Balaban J connectivity index is 2.74. The van der Waals surface area contributed by atoms with Gasteiger partial charge in [-0.15, -0.1) is 0 Å². The maximum absolute atomic E-state index is 5.57. The van der Waals surface area contributed by atoms with Crippen LogP contribution in [0.5, 0.6) is 0 Å². The lowest BCUT2D eigenvalue weighted by molar-refractivity contribution is 0.0241. The van der Waals surface area contributed by atoms with E-state index in [1.54, 1.807) is 7.11 Å². The first kappa shape index (κ1) is 18.5. The SMILES string of the molecule is CCNC(=NCC(OC)C(C)(C)C)NC(C)c1ccccc1. The fraction of sp³-hybridized carbons (Fsp3) is 0.611. The molecule has 0 aromatic heterocycles. The van der Waals surface area contributed by atoms with E-state index >= 15 is 0 Å². The van der Waals surface area contributed by atoms with Gasteiger partial charge in [0.05, 0.1) is 18.7 Å². The van der Waals surface area contributed by atoms with Gasteiger partial charge >= 0.3 is 0 Å². The van der Waals surface area contributed by atoms with Gasteiger partial charge in [0, 0.05) is 13.7 Å². The molecule has 0 heterocycles. The molecule has 1 aromatic rings. The normalized spacial score (nSPS) is 15.3. The van der Waals surface area contributed by atoms with Gasteiger partial charge < -0.3 is 15.4 Å². The molecule has 1 aromatic carbocycles. The quantitative estimate of drug-likeness (QED) is 0.626. The molecule has 0 aliphatic rings. The number of ether oxygens (including phenoxy) is 1. The van der Waals surface area contributed by atoms with Gasteiger partial charge in [-0.25, -0.2) is 0 Å². The summed E-state index contributed by atoms with van der Waals surface area (Å²) in [6.45, 7) is 12.2. The molecule has 0 saturated carbocycles. The summed E-state index contributed by atoms with van der Waals surface area (Å²) < 4.78 is 5.57. The summed E-state index contributed by atoms with van der Waals surface area (Å²) in [4.78, 5) is 4.69. The highest BCUT2D eigenvalue weighted by Crippen LogP contribution is 2.21. The van der Waals surface area contributed by atoms with Crippen molar-refractivity contribution < 1.29 is 4.74 Å². The zero-order valence-electron chi connectivity index (χ0n) is 14.8. The van der Waals surface area contributed by atoms with Crippen LogP contribution in [0.2, 0.25) is 0 Å². The zero-order valence-corrected chi connectivity index (χ0v) is 14.8. The summed E-state index contributed by atoms with van der Waals surface area (Å²) in [5.41, 5.74) is 1.31. The predicted molar refractivity (Wildman–Crippen MR) is 94.2 cm³/mol. The molecule has 22 heavy (non-hydrogen) atoms. The molecule has 0 radical (unpaired) electrons. The smallest absolute Gasteiger partial charge is 0.191 e. The molecular weight excluding hydrogens is 274 g/mol. The molecule has 0 saturated heterocycles. The van der Waals surface area contributed by atoms with Crippen molar-refractivity contribution in [3.8, 4) is 0 Å². The molecule has 2 unspecified atom stereocenters. The van der Waals surface area contributed by atoms with Crippen molar-refractivity contribution >= 4 is 5.96 Å². The van der Waals surface area contributed by atoms with Crippen LogP contribution in [0.3, 0.4) is 0 Å². The van der Waals surface area contributed by atoms with Crippen molar-refractivity contribution in [2.45, 2.75) is 46.8 Å².